The molecule has 1 aromatic rings. The van der Waals surface area contributed by atoms with E-state index in [0.29, 0.717) is 17.4 Å². The minimum absolute atomic E-state index is 0.0427. The van der Waals surface area contributed by atoms with E-state index < -0.39 is 4.92 Å². The lowest BCUT2D eigenvalue weighted by Gasteiger charge is -2.07. The summed E-state index contributed by atoms with van der Waals surface area (Å²) in [5.74, 6) is -0.300. The average molecular weight is 316 g/mol. The molecule has 1 rings (SSSR count). The lowest BCUT2D eigenvalue weighted by molar-refractivity contribution is -0.384. The van der Waals surface area contributed by atoms with Crippen LogP contribution in [0, 0.1) is 10.1 Å². The fraction of sp³-hybridized carbons (Fsp3) is 0.364. The van der Waals surface area contributed by atoms with E-state index in [1.165, 1.54) is 12.1 Å². The van der Waals surface area contributed by atoms with Crippen LogP contribution in [0.15, 0.2) is 22.7 Å². The predicted molar refractivity (Wildman–Crippen MR) is 72.3 cm³/mol. The molecule has 0 aliphatic rings. The number of nitro groups is 1. The Labute approximate surface area is 113 Å². The summed E-state index contributed by atoms with van der Waals surface area (Å²) in [6.45, 7) is 0.684. The average Bonchev–Trinajstić information content (AvgIpc) is 2.29. The Hall–Kier alpha value is -1.63. The largest absolute Gasteiger partial charge is 0.384 e. The number of amides is 1. The van der Waals surface area contributed by atoms with Gasteiger partial charge in [0.25, 0.3) is 5.69 Å². The number of nitro benzene ring substituents is 1. The van der Waals surface area contributed by atoms with Crippen LogP contribution in [0.1, 0.15) is 19.3 Å². The van der Waals surface area contributed by atoms with E-state index in [4.69, 9.17) is 5.73 Å². The summed E-state index contributed by atoms with van der Waals surface area (Å²) in [7, 11) is 0. The number of non-ortho nitro benzene ring substituents is 1. The zero-order chi connectivity index (χ0) is 13.5. The van der Waals surface area contributed by atoms with Gasteiger partial charge in [-0.2, -0.15) is 0 Å². The molecule has 0 aliphatic heterocycles. The van der Waals surface area contributed by atoms with Crippen molar-refractivity contribution in [1.82, 2.24) is 0 Å². The summed E-state index contributed by atoms with van der Waals surface area (Å²) in [4.78, 5) is 20.6. The molecular weight excluding hydrogens is 302 g/mol. The third-order valence-corrected chi connectivity index (χ3v) is 2.98. The summed E-state index contributed by atoms with van der Waals surface area (Å²) in [6, 6.07) is 4.54. The molecule has 0 atom stereocenters. The topological polar surface area (TPSA) is 98.3 Å². The molecule has 18 heavy (non-hydrogen) atoms. The molecule has 0 aliphatic carbocycles. The number of rotatable bonds is 7. The Morgan fingerprint density at radius 1 is 1.44 bits per heavy atom. The Morgan fingerprint density at radius 3 is 2.72 bits per heavy atom. The van der Waals surface area contributed by atoms with Gasteiger partial charge in [-0.15, -0.1) is 0 Å². The molecule has 0 aromatic heterocycles. The first-order valence-corrected chi connectivity index (χ1v) is 6.26. The highest BCUT2D eigenvalue weighted by atomic mass is 79.9. The van der Waals surface area contributed by atoms with E-state index in [2.05, 4.69) is 21.2 Å². The number of benzene rings is 1. The SMILES string of the molecule is NC(=O)CCCCNc1ccc([N+](=O)[O-])cc1Br. The highest BCUT2D eigenvalue weighted by molar-refractivity contribution is 9.10. The maximum Gasteiger partial charge on any atom is 0.270 e. The standard InChI is InChI=1S/C11H14BrN3O3/c12-9-7-8(15(17)18)4-5-10(9)14-6-2-1-3-11(13)16/h4-5,7,14H,1-3,6H2,(H2,13,16). The second-order valence-corrected chi connectivity index (χ2v) is 4.63. The van der Waals surface area contributed by atoms with E-state index in [1.807, 2.05) is 0 Å². The Morgan fingerprint density at radius 2 is 2.17 bits per heavy atom. The fourth-order valence-corrected chi connectivity index (χ4v) is 1.92. The van der Waals surface area contributed by atoms with E-state index in [-0.39, 0.29) is 11.6 Å². The zero-order valence-corrected chi connectivity index (χ0v) is 11.3. The fourth-order valence-electron chi connectivity index (χ4n) is 1.41. The summed E-state index contributed by atoms with van der Waals surface area (Å²) in [6.07, 6.45) is 1.92. The van der Waals surface area contributed by atoms with Gasteiger partial charge in [0.1, 0.15) is 0 Å². The van der Waals surface area contributed by atoms with Crippen LogP contribution in [-0.4, -0.2) is 17.4 Å². The number of halogens is 1. The molecule has 7 heteroatoms. The van der Waals surface area contributed by atoms with Gasteiger partial charge in [-0.25, -0.2) is 0 Å². The van der Waals surface area contributed by atoms with Crippen molar-refractivity contribution in [2.45, 2.75) is 19.3 Å². The first-order valence-electron chi connectivity index (χ1n) is 5.47. The van der Waals surface area contributed by atoms with Crippen molar-refractivity contribution < 1.29 is 9.72 Å². The monoisotopic (exact) mass is 315 g/mol. The summed E-state index contributed by atoms with van der Waals surface area (Å²) in [5.41, 5.74) is 5.86. The first kappa shape index (κ1) is 14.4. The molecule has 0 radical (unpaired) electrons. The minimum Gasteiger partial charge on any atom is -0.384 e. The van der Waals surface area contributed by atoms with Crippen LogP contribution in [0.2, 0.25) is 0 Å². The smallest absolute Gasteiger partial charge is 0.270 e. The number of anilines is 1. The second kappa shape index (κ2) is 6.95. The maximum absolute atomic E-state index is 10.5. The number of hydrogen-bond donors (Lipinski definition) is 2. The van der Waals surface area contributed by atoms with Gasteiger partial charge in [-0.1, -0.05) is 0 Å². The molecule has 0 saturated carbocycles. The normalized spacial score (nSPS) is 10.1. The predicted octanol–water partition coefficient (Wildman–Crippen LogP) is 2.42. The molecule has 0 saturated heterocycles. The van der Waals surface area contributed by atoms with Crippen LogP contribution in [-0.2, 0) is 4.79 Å². The quantitative estimate of drug-likeness (QED) is 0.458. The number of unbranched alkanes of at least 4 members (excludes halogenated alkanes) is 1. The molecule has 1 amide bonds. The van der Waals surface area contributed by atoms with E-state index in [0.717, 1.165) is 18.5 Å². The van der Waals surface area contributed by atoms with E-state index in [9.17, 15) is 14.9 Å². The third kappa shape index (κ3) is 4.70. The van der Waals surface area contributed by atoms with E-state index >= 15 is 0 Å². The molecule has 0 fully saturated rings. The van der Waals surface area contributed by atoms with Crippen molar-refractivity contribution in [3.8, 4) is 0 Å². The number of nitrogens with one attached hydrogen (secondary N) is 1. The van der Waals surface area contributed by atoms with Crippen molar-refractivity contribution in [3.63, 3.8) is 0 Å². The van der Waals surface area contributed by atoms with Gasteiger partial charge in [-0.3, -0.25) is 14.9 Å². The van der Waals surface area contributed by atoms with Crippen molar-refractivity contribution >= 4 is 33.2 Å². The highest BCUT2D eigenvalue weighted by Gasteiger charge is 2.08. The van der Waals surface area contributed by atoms with Gasteiger partial charge in [0, 0.05) is 35.3 Å². The van der Waals surface area contributed by atoms with E-state index in [1.54, 1.807) is 6.07 Å². The molecule has 0 heterocycles. The second-order valence-electron chi connectivity index (χ2n) is 3.77. The lowest BCUT2D eigenvalue weighted by atomic mass is 10.2. The first-order chi connectivity index (χ1) is 8.50. The van der Waals surface area contributed by atoms with Crippen molar-refractivity contribution in [2.75, 3.05) is 11.9 Å². The van der Waals surface area contributed by atoms with Crippen molar-refractivity contribution in [3.05, 3.63) is 32.8 Å². The summed E-state index contributed by atoms with van der Waals surface area (Å²) >= 11 is 3.27. The Bertz CT molecular complexity index is 451. The summed E-state index contributed by atoms with van der Waals surface area (Å²) in [5, 5.41) is 13.7. The van der Waals surface area contributed by atoms with Crippen LogP contribution in [0.25, 0.3) is 0 Å². The Balaban J connectivity index is 2.43. The minimum atomic E-state index is -0.443. The number of nitrogens with two attached hydrogens (primary N) is 1. The van der Waals surface area contributed by atoms with Crippen LogP contribution in [0.4, 0.5) is 11.4 Å². The molecule has 98 valence electrons. The van der Waals surface area contributed by atoms with Crippen LogP contribution >= 0.6 is 15.9 Å². The molecule has 3 N–H and O–H groups in total. The van der Waals surface area contributed by atoms with Gasteiger partial charge < -0.3 is 11.1 Å². The molecular formula is C11H14BrN3O3. The number of carbonyl (C=O) groups is 1. The van der Waals surface area contributed by atoms with Crippen molar-refractivity contribution in [1.29, 1.82) is 0 Å². The number of carbonyl (C=O) groups excluding carboxylic acids is 1. The van der Waals surface area contributed by atoms with Gasteiger partial charge in [-0.05, 0) is 34.8 Å². The lowest BCUT2D eigenvalue weighted by Crippen LogP contribution is -2.11. The van der Waals surface area contributed by atoms with Crippen LogP contribution in [0.3, 0.4) is 0 Å². The highest BCUT2D eigenvalue weighted by Crippen LogP contribution is 2.26. The third-order valence-electron chi connectivity index (χ3n) is 2.33. The molecule has 0 bridgehead atoms. The van der Waals surface area contributed by atoms with Crippen LogP contribution < -0.4 is 11.1 Å². The van der Waals surface area contributed by atoms with Crippen molar-refractivity contribution in [2.24, 2.45) is 5.73 Å². The van der Waals surface area contributed by atoms with Crippen LogP contribution in [0.5, 0.6) is 0 Å². The Kier molecular flexibility index (Phi) is 5.57. The van der Waals surface area contributed by atoms with Gasteiger partial charge in [0.2, 0.25) is 5.91 Å². The molecule has 6 nitrogen and oxygen atoms in total. The molecule has 0 spiro atoms. The zero-order valence-electron chi connectivity index (χ0n) is 9.69. The number of primary amides is 1. The van der Waals surface area contributed by atoms with Gasteiger partial charge in [0.05, 0.1) is 4.92 Å². The van der Waals surface area contributed by atoms with Gasteiger partial charge in [0.15, 0.2) is 0 Å². The van der Waals surface area contributed by atoms with Gasteiger partial charge >= 0.3 is 0 Å². The number of nitrogens with zero attached hydrogens (tertiary/aromatic N) is 1. The number of hydrogen-bond acceptors (Lipinski definition) is 4. The molecule has 1 aromatic carbocycles. The molecule has 0 unspecified atom stereocenters. The maximum atomic E-state index is 10.5. The summed E-state index contributed by atoms with van der Waals surface area (Å²) < 4.78 is 0.645.